The number of piperidine rings is 1. The first-order chi connectivity index (χ1) is 10.7. The van der Waals surface area contributed by atoms with Crippen molar-refractivity contribution in [3.8, 4) is 0 Å². The van der Waals surface area contributed by atoms with Crippen molar-refractivity contribution in [2.45, 2.75) is 19.8 Å². The summed E-state index contributed by atoms with van der Waals surface area (Å²) in [6.07, 6.45) is 1.38. The zero-order valence-corrected chi connectivity index (χ0v) is 15.9. The molecule has 1 aliphatic heterocycles. The van der Waals surface area contributed by atoms with Crippen LogP contribution >= 0.6 is 15.9 Å². The molecule has 1 aromatic carbocycles. The Bertz CT molecular complexity index is 691. The van der Waals surface area contributed by atoms with Crippen molar-refractivity contribution >= 4 is 37.7 Å². The van der Waals surface area contributed by atoms with Crippen molar-refractivity contribution in [1.29, 1.82) is 0 Å². The summed E-state index contributed by atoms with van der Waals surface area (Å²) in [6, 6.07) is 5.60. The average Bonchev–Trinajstić information content (AvgIpc) is 2.51. The first kappa shape index (κ1) is 18.4. The number of carbonyl (C=O) groups excluding carboxylic acids is 1. The number of hydrogen-bond acceptors (Lipinski definition) is 3. The molecule has 1 amide bonds. The summed E-state index contributed by atoms with van der Waals surface area (Å²) in [6.45, 7) is 2.63. The Balaban J connectivity index is 2.06. The van der Waals surface area contributed by atoms with E-state index < -0.39 is 10.2 Å². The Morgan fingerprint density at radius 1 is 1.39 bits per heavy atom. The topological polar surface area (TPSA) is 69.7 Å². The minimum absolute atomic E-state index is 0.134. The highest BCUT2D eigenvalue weighted by Gasteiger charge is 2.33. The van der Waals surface area contributed by atoms with Gasteiger partial charge >= 0.3 is 0 Å². The minimum Gasteiger partial charge on any atom is -0.326 e. The smallest absolute Gasteiger partial charge is 0.281 e. The molecule has 2 rings (SSSR count). The van der Waals surface area contributed by atoms with E-state index in [1.807, 2.05) is 25.1 Å². The lowest BCUT2D eigenvalue weighted by atomic mass is 9.98. The largest absolute Gasteiger partial charge is 0.326 e. The molecule has 1 aromatic rings. The summed E-state index contributed by atoms with van der Waals surface area (Å²) in [5.41, 5.74) is 1.76. The third-order valence-electron chi connectivity index (χ3n) is 3.97. The molecule has 128 valence electrons. The van der Waals surface area contributed by atoms with Gasteiger partial charge in [-0.15, -0.1) is 0 Å². The van der Waals surface area contributed by atoms with Crippen LogP contribution in [0.1, 0.15) is 18.4 Å². The number of nitrogens with zero attached hydrogens (tertiary/aromatic N) is 2. The van der Waals surface area contributed by atoms with Crippen LogP contribution in [-0.4, -0.2) is 50.1 Å². The van der Waals surface area contributed by atoms with Gasteiger partial charge in [0.05, 0.1) is 5.92 Å². The van der Waals surface area contributed by atoms with E-state index in [9.17, 15) is 13.2 Å². The third kappa shape index (κ3) is 4.32. The SMILES string of the molecule is Cc1cc(NC(=O)[C@@H]2CCCN(S(=O)(=O)N(C)C)C2)ccc1Br. The summed E-state index contributed by atoms with van der Waals surface area (Å²) in [5, 5.41) is 2.89. The first-order valence-corrected chi connectivity index (χ1v) is 9.65. The Morgan fingerprint density at radius 2 is 2.09 bits per heavy atom. The average molecular weight is 404 g/mol. The summed E-state index contributed by atoms with van der Waals surface area (Å²) in [5.74, 6) is -0.465. The molecular weight excluding hydrogens is 382 g/mol. The molecule has 0 aliphatic carbocycles. The number of rotatable bonds is 4. The molecule has 0 aromatic heterocycles. The molecular formula is C15H22BrN3O3S. The van der Waals surface area contributed by atoms with Crippen molar-refractivity contribution in [3.05, 3.63) is 28.2 Å². The van der Waals surface area contributed by atoms with Crippen LogP contribution in [0.15, 0.2) is 22.7 Å². The lowest BCUT2D eigenvalue weighted by Gasteiger charge is -2.32. The second kappa shape index (κ2) is 7.29. The van der Waals surface area contributed by atoms with E-state index in [-0.39, 0.29) is 18.4 Å². The zero-order chi connectivity index (χ0) is 17.2. The fraction of sp³-hybridized carbons (Fsp3) is 0.533. The van der Waals surface area contributed by atoms with E-state index in [0.29, 0.717) is 19.4 Å². The summed E-state index contributed by atoms with van der Waals surface area (Å²) in [4.78, 5) is 12.4. The van der Waals surface area contributed by atoms with Crippen molar-refractivity contribution in [2.75, 3.05) is 32.5 Å². The zero-order valence-electron chi connectivity index (χ0n) is 13.5. The van der Waals surface area contributed by atoms with Crippen LogP contribution in [0, 0.1) is 12.8 Å². The molecule has 0 unspecified atom stereocenters. The van der Waals surface area contributed by atoms with Crippen LogP contribution in [0.25, 0.3) is 0 Å². The van der Waals surface area contributed by atoms with Crippen LogP contribution in [0.3, 0.4) is 0 Å². The number of aryl methyl sites for hydroxylation is 1. The quantitative estimate of drug-likeness (QED) is 0.837. The van der Waals surface area contributed by atoms with Gasteiger partial charge in [0.25, 0.3) is 10.2 Å². The summed E-state index contributed by atoms with van der Waals surface area (Å²) < 4.78 is 28.0. The molecule has 6 nitrogen and oxygen atoms in total. The van der Waals surface area contributed by atoms with E-state index in [4.69, 9.17) is 0 Å². The highest BCUT2D eigenvalue weighted by molar-refractivity contribution is 9.10. The molecule has 1 N–H and O–H groups in total. The molecule has 0 radical (unpaired) electrons. The van der Waals surface area contributed by atoms with Crippen molar-refractivity contribution < 1.29 is 13.2 Å². The van der Waals surface area contributed by atoms with Gasteiger partial charge < -0.3 is 5.32 Å². The van der Waals surface area contributed by atoms with Gasteiger partial charge in [0.2, 0.25) is 5.91 Å². The normalized spacial score (nSPS) is 19.8. The van der Waals surface area contributed by atoms with Crippen molar-refractivity contribution in [2.24, 2.45) is 5.92 Å². The lowest BCUT2D eigenvalue weighted by molar-refractivity contribution is -0.120. The predicted molar refractivity (Wildman–Crippen MR) is 94.4 cm³/mol. The van der Waals surface area contributed by atoms with Gasteiger partial charge in [-0.3, -0.25) is 4.79 Å². The molecule has 1 fully saturated rings. The molecule has 0 bridgehead atoms. The van der Waals surface area contributed by atoms with Gasteiger partial charge in [0.1, 0.15) is 0 Å². The number of anilines is 1. The van der Waals surface area contributed by atoms with Crippen molar-refractivity contribution in [1.82, 2.24) is 8.61 Å². The van der Waals surface area contributed by atoms with E-state index in [2.05, 4.69) is 21.2 Å². The second-order valence-corrected chi connectivity index (χ2v) is 8.94. The van der Waals surface area contributed by atoms with Crippen LogP contribution in [0.4, 0.5) is 5.69 Å². The number of nitrogens with one attached hydrogen (secondary N) is 1. The predicted octanol–water partition coefficient (Wildman–Crippen LogP) is 2.21. The molecule has 1 aliphatic rings. The highest BCUT2D eigenvalue weighted by Crippen LogP contribution is 2.24. The van der Waals surface area contributed by atoms with E-state index in [0.717, 1.165) is 15.7 Å². The molecule has 1 atom stereocenters. The third-order valence-corrected chi connectivity index (χ3v) is 6.76. The Morgan fingerprint density at radius 3 is 2.70 bits per heavy atom. The molecule has 1 saturated heterocycles. The minimum atomic E-state index is -3.47. The molecule has 23 heavy (non-hydrogen) atoms. The first-order valence-electron chi connectivity index (χ1n) is 7.46. The Kier molecular flexibility index (Phi) is 5.83. The number of carbonyl (C=O) groups is 1. The Labute approximate surface area is 146 Å². The maximum Gasteiger partial charge on any atom is 0.281 e. The molecule has 0 spiro atoms. The number of amides is 1. The summed E-state index contributed by atoms with van der Waals surface area (Å²) >= 11 is 3.42. The highest BCUT2D eigenvalue weighted by atomic mass is 79.9. The van der Waals surface area contributed by atoms with Gasteiger partial charge in [-0.25, -0.2) is 0 Å². The fourth-order valence-electron chi connectivity index (χ4n) is 2.56. The van der Waals surface area contributed by atoms with Gasteiger partial charge in [-0.05, 0) is 43.5 Å². The van der Waals surface area contributed by atoms with Crippen molar-refractivity contribution in [3.63, 3.8) is 0 Å². The second-order valence-electron chi connectivity index (χ2n) is 5.94. The molecule has 1 heterocycles. The van der Waals surface area contributed by atoms with E-state index in [1.54, 1.807) is 0 Å². The Hall–Kier alpha value is -0.960. The lowest BCUT2D eigenvalue weighted by Crippen LogP contribution is -2.47. The maximum absolute atomic E-state index is 12.4. The van der Waals surface area contributed by atoms with Gasteiger partial charge in [0.15, 0.2) is 0 Å². The standard InChI is InChI=1S/C15H22BrN3O3S/c1-11-9-13(6-7-14(11)16)17-15(20)12-5-4-8-19(10-12)23(21,22)18(2)3/h6-7,9,12H,4-5,8,10H2,1-3H3,(H,17,20)/t12-/m1/s1. The van der Waals surface area contributed by atoms with E-state index in [1.165, 1.54) is 22.7 Å². The monoisotopic (exact) mass is 403 g/mol. The van der Waals surface area contributed by atoms with Gasteiger partial charge in [0, 0.05) is 37.3 Å². The fourth-order valence-corrected chi connectivity index (χ4v) is 4.00. The summed E-state index contributed by atoms with van der Waals surface area (Å²) in [7, 11) is -0.464. The van der Waals surface area contributed by atoms with Crippen LogP contribution < -0.4 is 5.32 Å². The van der Waals surface area contributed by atoms with E-state index >= 15 is 0 Å². The number of halogens is 1. The molecule has 8 heteroatoms. The van der Waals surface area contributed by atoms with Gasteiger partial charge in [-0.2, -0.15) is 17.0 Å². The number of benzene rings is 1. The molecule has 0 saturated carbocycles. The maximum atomic E-state index is 12.4. The number of hydrogen-bond donors (Lipinski definition) is 1. The van der Waals surface area contributed by atoms with Crippen LogP contribution in [0.2, 0.25) is 0 Å². The van der Waals surface area contributed by atoms with Crippen LogP contribution in [0.5, 0.6) is 0 Å². The van der Waals surface area contributed by atoms with Crippen LogP contribution in [-0.2, 0) is 15.0 Å². The van der Waals surface area contributed by atoms with Gasteiger partial charge in [-0.1, -0.05) is 15.9 Å².